The minimum absolute atomic E-state index is 0.455. The van der Waals surface area contributed by atoms with E-state index in [1.807, 2.05) is 0 Å². The van der Waals surface area contributed by atoms with E-state index in [1.165, 1.54) is 25.8 Å². The van der Waals surface area contributed by atoms with Crippen LogP contribution in [0.2, 0.25) is 0 Å². The van der Waals surface area contributed by atoms with Gasteiger partial charge in [0.15, 0.2) is 0 Å². The predicted octanol–water partition coefficient (Wildman–Crippen LogP) is 0.818. The highest BCUT2D eigenvalue weighted by Crippen LogP contribution is 2.30. The van der Waals surface area contributed by atoms with Crippen LogP contribution in [0.4, 0.5) is 0 Å². The third-order valence-electron chi connectivity index (χ3n) is 3.35. The van der Waals surface area contributed by atoms with Gasteiger partial charge in [0.25, 0.3) is 0 Å². The highest BCUT2D eigenvalue weighted by Gasteiger charge is 2.34. The number of hydrogen-bond donors (Lipinski definition) is 1. The maximum atomic E-state index is 5.95. The van der Waals surface area contributed by atoms with Gasteiger partial charge >= 0.3 is 0 Å². The molecule has 0 amide bonds. The van der Waals surface area contributed by atoms with Gasteiger partial charge in [-0.25, -0.2) is 0 Å². The molecule has 0 radical (unpaired) electrons. The Morgan fingerprint density at radius 2 is 2.27 bits per heavy atom. The second-order valence-electron chi connectivity index (χ2n) is 4.13. The van der Waals surface area contributed by atoms with E-state index in [0.29, 0.717) is 6.04 Å². The number of nitrogens with two attached hydrogens (primary N) is 1. The molecule has 0 aliphatic carbocycles. The van der Waals surface area contributed by atoms with E-state index in [9.17, 15) is 0 Å². The average Bonchev–Trinajstić information content (AvgIpc) is 1.92. The number of nitrogens with zero attached hydrogens (tertiary/aromatic N) is 1. The van der Waals surface area contributed by atoms with E-state index in [2.05, 4.69) is 11.8 Å². The first-order valence-electron chi connectivity index (χ1n) is 4.77. The summed E-state index contributed by atoms with van der Waals surface area (Å²) < 4.78 is 0. The molecule has 2 N–H and O–H groups in total. The van der Waals surface area contributed by atoms with E-state index in [-0.39, 0.29) is 0 Å². The van der Waals surface area contributed by atoms with Gasteiger partial charge in [0.05, 0.1) is 0 Å². The van der Waals surface area contributed by atoms with Crippen molar-refractivity contribution in [2.24, 2.45) is 11.7 Å². The second-order valence-corrected chi connectivity index (χ2v) is 4.13. The first-order valence-corrected chi connectivity index (χ1v) is 4.77. The molecule has 0 aromatic heterocycles. The summed E-state index contributed by atoms with van der Waals surface area (Å²) in [4.78, 5) is 2.56. The molecule has 11 heavy (non-hydrogen) atoms. The van der Waals surface area contributed by atoms with E-state index in [0.717, 1.165) is 18.5 Å². The van der Waals surface area contributed by atoms with Gasteiger partial charge < -0.3 is 5.73 Å². The Labute approximate surface area is 68.7 Å². The largest absolute Gasteiger partial charge is 0.327 e. The summed E-state index contributed by atoms with van der Waals surface area (Å²) >= 11 is 0. The summed E-state index contributed by atoms with van der Waals surface area (Å²) in [5.41, 5.74) is 5.95. The van der Waals surface area contributed by atoms with E-state index < -0.39 is 0 Å². The van der Waals surface area contributed by atoms with Crippen LogP contribution in [0.15, 0.2) is 0 Å². The molecule has 2 heteroatoms. The molecule has 2 heterocycles. The molecular weight excluding hydrogens is 136 g/mol. The predicted molar refractivity (Wildman–Crippen MR) is 46.4 cm³/mol. The number of hydrogen-bond acceptors (Lipinski definition) is 2. The molecule has 2 fully saturated rings. The van der Waals surface area contributed by atoms with Gasteiger partial charge in [-0.05, 0) is 38.6 Å². The summed E-state index contributed by atoms with van der Waals surface area (Å²) in [5.74, 6) is 0.896. The summed E-state index contributed by atoms with van der Waals surface area (Å²) in [7, 11) is 0. The van der Waals surface area contributed by atoms with Crippen LogP contribution in [0.3, 0.4) is 0 Å². The van der Waals surface area contributed by atoms with Crippen molar-refractivity contribution in [3.05, 3.63) is 0 Å². The average molecular weight is 154 g/mol. The molecule has 0 saturated carbocycles. The minimum Gasteiger partial charge on any atom is -0.327 e. The van der Waals surface area contributed by atoms with E-state index in [1.54, 1.807) is 0 Å². The third kappa shape index (κ3) is 1.30. The molecule has 0 aromatic rings. The lowest BCUT2D eigenvalue weighted by Crippen LogP contribution is -2.54. The molecular formula is C9H18N2. The standard InChI is InChI=1S/C9H18N2/c1-7-8-3-2-4-11(7)6-9(10)5-8/h7-9H,2-6,10H2,1H3. The van der Waals surface area contributed by atoms with Gasteiger partial charge in [0.2, 0.25) is 0 Å². The highest BCUT2D eigenvalue weighted by molar-refractivity contribution is 4.90. The first-order chi connectivity index (χ1) is 5.27. The van der Waals surface area contributed by atoms with Crippen molar-refractivity contribution in [3.8, 4) is 0 Å². The summed E-state index contributed by atoms with van der Waals surface area (Å²) in [6.07, 6.45) is 4.06. The first kappa shape index (κ1) is 7.56. The Bertz CT molecular complexity index is 132. The lowest BCUT2D eigenvalue weighted by molar-refractivity contribution is 0.0495. The van der Waals surface area contributed by atoms with Gasteiger partial charge in [-0.1, -0.05) is 0 Å². The molecule has 0 spiro atoms. The molecule has 2 aliphatic heterocycles. The molecule has 2 rings (SSSR count). The summed E-state index contributed by atoms with van der Waals surface area (Å²) in [6, 6.07) is 1.26. The Kier molecular flexibility index (Phi) is 1.90. The quantitative estimate of drug-likeness (QED) is 0.559. The van der Waals surface area contributed by atoms with E-state index in [4.69, 9.17) is 5.73 Å². The zero-order valence-electron chi connectivity index (χ0n) is 7.29. The van der Waals surface area contributed by atoms with Crippen LogP contribution < -0.4 is 5.73 Å². The Morgan fingerprint density at radius 1 is 1.45 bits per heavy atom. The minimum atomic E-state index is 0.455. The van der Waals surface area contributed by atoms with Crippen molar-refractivity contribution in [1.29, 1.82) is 0 Å². The van der Waals surface area contributed by atoms with Gasteiger partial charge in [-0.2, -0.15) is 0 Å². The molecule has 2 saturated heterocycles. The van der Waals surface area contributed by atoms with E-state index >= 15 is 0 Å². The molecule has 4 unspecified atom stereocenters. The van der Waals surface area contributed by atoms with Crippen molar-refractivity contribution in [3.63, 3.8) is 0 Å². The zero-order chi connectivity index (χ0) is 7.84. The van der Waals surface area contributed by atoms with Crippen LogP contribution in [0, 0.1) is 5.92 Å². The fourth-order valence-electron chi connectivity index (χ4n) is 2.64. The fraction of sp³-hybridized carbons (Fsp3) is 1.00. The van der Waals surface area contributed by atoms with Crippen molar-refractivity contribution in [1.82, 2.24) is 4.90 Å². The second kappa shape index (κ2) is 2.76. The molecule has 0 aromatic carbocycles. The Morgan fingerprint density at radius 3 is 3.00 bits per heavy atom. The van der Waals surface area contributed by atoms with Crippen LogP contribution in [-0.2, 0) is 0 Å². The van der Waals surface area contributed by atoms with Gasteiger partial charge in [0, 0.05) is 18.6 Å². The molecule has 4 atom stereocenters. The normalized spacial score (nSPS) is 50.7. The van der Waals surface area contributed by atoms with Crippen LogP contribution in [0.25, 0.3) is 0 Å². The summed E-state index contributed by atoms with van der Waals surface area (Å²) in [5, 5.41) is 0. The fourth-order valence-corrected chi connectivity index (χ4v) is 2.64. The maximum absolute atomic E-state index is 5.95. The topological polar surface area (TPSA) is 29.3 Å². The monoisotopic (exact) mass is 154 g/mol. The molecule has 2 bridgehead atoms. The number of fused-ring (bicyclic) bond motifs is 2. The lowest BCUT2D eigenvalue weighted by Gasteiger charge is -2.46. The van der Waals surface area contributed by atoms with Crippen LogP contribution in [0.1, 0.15) is 26.2 Å². The van der Waals surface area contributed by atoms with Crippen molar-refractivity contribution in [2.45, 2.75) is 38.3 Å². The summed E-state index contributed by atoms with van der Waals surface area (Å²) in [6.45, 7) is 4.78. The Hall–Kier alpha value is -0.0800. The van der Waals surface area contributed by atoms with Gasteiger partial charge in [0.1, 0.15) is 0 Å². The van der Waals surface area contributed by atoms with Gasteiger partial charge in [-0.15, -0.1) is 0 Å². The third-order valence-corrected chi connectivity index (χ3v) is 3.35. The smallest absolute Gasteiger partial charge is 0.0171 e. The number of rotatable bonds is 0. The van der Waals surface area contributed by atoms with Crippen molar-refractivity contribution >= 4 is 0 Å². The molecule has 64 valence electrons. The molecule has 2 nitrogen and oxygen atoms in total. The Balaban J connectivity index is 2.07. The highest BCUT2D eigenvalue weighted by atomic mass is 15.2. The zero-order valence-corrected chi connectivity index (χ0v) is 7.29. The number of piperidine rings is 2. The van der Waals surface area contributed by atoms with Crippen molar-refractivity contribution < 1.29 is 0 Å². The van der Waals surface area contributed by atoms with Crippen LogP contribution in [0.5, 0.6) is 0 Å². The lowest BCUT2D eigenvalue weighted by atomic mass is 9.81. The van der Waals surface area contributed by atoms with Crippen molar-refractivity contribution in [2.75, 3.05) is 13.1 Å². The maximum Gasteiger partial charge on any atom is 0.0171 e. The van der Waals surface area contributed by atoms with Crippen LogP contribution >= 0.6 is 0 Å². The SMILES string of the molecule is CC1C2CCCN1CC(N)C2. The van der Waals surface area contributed by atoms with Crippen LogP contribution in [-0.4, -0.2) is 30.1 Å². The molecule has 2 aliphatic rings. The van der Waals surface area contributed by atoms with Gasteiger partial charge in [-0.3, -0.25) is 4.90 Å².